The van der Waals surface area contributed by atoms with Gasteiger partial charge < -0.3 is 20.6 Å². The Balaban J connectivity index is 2.34. The highest BCUT2D eigenvalue weighted by Crippen LogP contribution is 2.24. The highest BCUT2D eigenvalue weighted by atomic mass is 16.3. The first kappa shape index (κ1) is 12.8. The van der Waals surface area contributed by atoms with Crippen molar-refractivity contribution in [3.63, 3.8) is 0 Å². The fourth-order valence-electron chi connectivity index (χ4n) is 1.50. The lowest BCUT2D eigenvalue weighted by Crippen LogP contribution is -2.26. The Hall–Kier alpha value is -1.26. The number of aliphatic hydroxyl groups excluding tert-OH is 1. The molecule has 0 bridgehead atoms. The van der Waals surface area contributed by atoms with Gasteiger partial charge in [0.2, 0.25) is 0 Å². The molecular weight excluding hydrogens is 206 g/mol. The summed E-state index contributed by atoms with van der Waals surface area (Å²) in [5, 5.41) is 30.9. The van der Waals surface area contributed by atoms with Gasteiger partial charge in [-0.1, -0.05) is 19.4 Å². The molecule has 0 aliphatic rings. The predicted octanol–water partition coefficient (Wildman–Crippen LogP) is 1.35. The van der Waals surface area contributed by atoms with E-state index in [0.29, 0.717) is 13.1 Å². The molecule has 0 aliphatic heterocycles. The molecule has 90 valence electrons. The second-order valence-corrected chi connectivity index (χ2v) is 3.90. The Morgan fingerprint density at radius 2 is 2.00 bits per heavy atom. The minimum absolute atomic E-state index is 0.116. The average molecular weight is 225 g/mol. The SMILES string of the molecule is CCCC(O)CNCc1ccc(O)c(O)c1. The number of hydrogen-bond acceptors (Lipinski definition) is 4. The van der Waals surface area contributed by atoms with Crippen LogP contribution < -0.4 is 5.32 Å². The first-order chi connectivity index (χ1) is 7.63. The van der Waals surface area contributed by atoms with Crippen molar-refractivity contribution < 1.29 is 15.3 Å². The molecule has 0 saturated carbocycles. The van der Waals surface area contributed by atoms with Gasteiger partial charge in [-0.25, -0.2) is 0 Å². The van der Waals surface area contributed by atoms with Crippen LogP contribution in [0.2, 0.25) is 0 Å². The molecule has 0 saturated heterocycles. The fraction of sp³-hybridized carbons (Fsp3) is 0.500. The molecule has 0 spiro atoms. The van der Waals surface area contributed by atoms with Crippen molar-refractivity contribution in [2.75, 3.05) is 6.54 Å². The number of aromatic hydroxyl groups is 2. The van der Waals surface area contributed by atoms with Crippen molar-refractivity contribution in [2.45, 2.75) is 32.4 Å². The molecule has 16 heavy (non-hydrogen) atoms. The zero-order valence-corrected chi connectivity index (χ0v) is 9.48. The first-order valence-corrected chi connectivity index (χ1v) is 5.53. The Bertz CT molecular complexity index is 328. The van der Waals surface area contributed by atoms with Crippen molar-refractivity contribution >= 4 is 0 Å². The summed E-state index contributed by atoms with van der Waals surface area (Å²) in [5.74, 6) is -0.233. The topological polar surface area (TPSA) is 72.7 Å². The molecule has 0 radical (unpaired) electrons. The van der Waals surface area contributed by atoms with Crippen molar-refractivity contribution in [3.8, 4) is 11.5 Å². The Morgan fingerprint density at radius 3 is 2.62 bits per heavy atom. The van der Waals surface area contributed by atoms with Gasteiger partial charge in [-0.2, -0.15) is 0 Å². The van der Waals surface area contributed by atoms with E-state index in [1.807, 2.05) is 6.92 Å². The molecule has 1 atom stereocenters. The van der Waals surface area contributed by atoms with Crippen molar-refractivity contribution in [1.82, 2.24) is 5.32 Å². The summed E-state index contributed by atoms with van der Waals surface area (Å²) in [6, 6.07) is 4.69. The molecule has 1 unspecified atom stereocenters. The number of aliphatic hydroxyl groups is 1. The summed E-state index contributed by atoms with van der Waals surface area (Å²) in [6.07, 6.45) is 1.42. The molecule has 4 N–H and O–H groups in total. The van der Waals surface area contributed by atoms with E-state index >= 15 is 0 Å². The maximum Gasteiger partial charge on any atom is 0.157 e. The Labute approximate surface area is 95.6 Å². The molecule has 1 aromatic rings. The Morgan fingerprint density at radius 1 is 1.25 bits per heavy atom. The van der Waals surface area contributed by atoms with Gasteiger partial charge in [0.15, 0.2) is 11.5 Å². The van der Waals surface area contributed by atoms with Crippen LogP contribution in [0.15, 0.2) is 18.2 Å². The monoisotopic (exact) mass is 225 g/mol. The molecule has 0 aliphatic carbocycles. The van der Waals surface area contributed by atoms with Gasteiger partial charge in [-0.3, -0.25) is 0 Å². The number of hydrogen-bond donors (Lipinski definition) is 4. The number of benzene rings is 1. The van der Waals surface area contributed by atoms with Crippen LogP contribution in [0, 0.1) is 0 Å². The fourth-order valence-corrected chi connectivity index (χ4v) is 1.50. The number of nitrogens with one attached hydrogen (secondary N) is 1. The Kier molecular flexibility index (Phi) is 5.08. The smallest absolute Gasteiger partial charge is 0.157 e. The maximum atomic E-state index is 9.47. The average Bonchev–Trinajstić information content (AvgIpc) is 2.24. The van der Waals surface area contributed by atoms with Gasteiger partial charge in [0, 0.05) is 13.1 Å². The lowest BCUT2D eigenvalue weighted by Gasteiger charge is -2.10. The standard InChI is InChI=1S/C12H19NO3/c1-2-3-10(14)8-13-7-9-4-5-11(15)12(16)6-9/h4-6,10,13-16H,2-3,7-8H2,1H3. The van der Waals surface area contributed by atoms with E-state index in [1.54, 1.807) is 6.07 Å². The third-order valence-electron chi connectivity index (χ3n) is 2.37. The van der Waals surface area contributed by atoms with E-state index < -0.39 is 0 Å². The first-order valence-electron chi connectivity index (χ1n) is 5.53. The molecule has 0 heterocycles. The van der Waals surface area contributed by atoms with E-state index in [1.165, 1.54) is 12.1 Å². The van der Waals surface area contributed by atoms with E-state index in [-0.39, 0.29) is 17.6 Å². The number of phenols is 2. The molecule has 4 heteroatoms. The van der Waals surface area contributed by atoms with Gasteiger partial charge in [0.05, 0.1) is 6.10 Å². The minimum atomic E-state index is -0.323. The van der Waals surface area contributed by atoms with Gasteiger partial charge in [0.25, 0.3) is 0 Å². The lowest BCUT2D eigenvalue weighted by atomic mass is 10.2. The van der Waals surface area contributed by atoms with Crippen LogP contribution in [0.4, 0.5) is 0 Å². The molecule has 4 nitrogen and oxygen atoms in total. The third kappa shape index (κ3) is 4.08. The largest absolute Gasteiger partial charge is 0.504 e. The molecule has 0 amide bonds. The molecule has 0 fully saturated rings. The summed E-state index contributed by atoms with van der Waals surface area (Å²) < 4.78 is 0. The quantitative estimate of drug-likeness (QED) is 0.551. The van der Waals surface area contributed by atoms with Crippen molar-refractivity contribution in [2.24, 2.45) is 0 Å². The van der Waals surface area contributed by atoms with Crippen LogP contribution in [0.5, 0.6) is 11.5 Å². The molecule has 1 aromatic carbocycles. The van der Waals surface area contributed by atoms with Crippen molar-refractivity contribution in [1.29, 1.82) is 0 Å². The summed E-state index contributed by atoms with van der Waals surface area (Å²) in [5.41, 5.74) is 0.874. The van der Waals surface area contributed by atoms with Crippen LogP contribution in [0.3, 0.4) is 0 Å². The van der Waals surface area contributed by atoms with Gasteiger partial charge in [0.1, 0.15) is 0 Å². The van der Waals surface area contributed by atoms with E-state index in [0.717, 1.165) is 18.4 Å². The zero-order valence-electron chi connectivity index (χ0n) is 9.48. The van der Waals surface area contributed by atoms with Crippen LogP contribution in [0.1, 0.15) is 25.3 Å². The van der Waals surface area contributed by atoms with Gasteiger partial charge in [-0.15, -0.1) is 0 Å². The highest BCUT2D eigenvalue weighted by molar-refractivity contribution is 5.40. The van der Waals surface area contributed by atoms with Gasteiger partial charge >= 0.3 is 0 Å². The van der Waals surface area contributed by atoms with E-state index in [9.17, 15) is 10.2 Å². The highest BCUT2D eigenvalue weighted by Gasteiger charge is 2.03. The summed E-state index contributed by atoms with van der Waals surface area (Å²) in [4.78, 5) is 0. The van der Waals surface area contributed by atoms with Crippen LogP contribution in [-0.2, 0) is 6.54 Å². The van der Waals surface area contributed by atoms with Crippen LogP contribution >= 0.6 is 0 Å². The summed E-state index contributed by atoms with van der Waals surface area (Å²) >= 11 is 0. The zero-order chi connectivity index (χ0) is 12.0. The van der Waals surface area contributed by atoms with E-state index in [4.69, 9.17) is 5.11 Å². The minimum Gasteiger partial charge on any atom is -0.504 e. The van der Waals surface area contributed by atoms with Crippen LogP contribution in [-0.4, -0.2) is 28.0 Å². The lowest BCUT2D eigenvalue weighted by molar-refractivity contribution is 0.160. The second kappa shape index (κ2) is 6.35. The number of rotatable bonds is 6. The second-order valence-electron chi connectivity index (χ2n) is 3.90. The van der Waals surface area contributed by atoms with E-state index in [2.05, 4.69) is 5.32 Å². The normalized spacial score (nSPS) is 12.6. The summed E-state index contributed by atoms with van der Waals surface area (Å²) in [6.45, 7) is 3.13. The molecular formula is C12H19NO3. The van der Waals surface area contributed by atoms with Crippen LogP contribution in [0.25, 0.3) is 0 Å². The number of phenolic OH excluding ortho intramolecular Hbond substituents is 2. The summed E-state index contributed by atoms with van der Waals surface area (Å²) in [7, 11) is 0. The predicted molar refractivity (Wildman–Crippen MR) is 62.4 cm³/mol. The maximum absolute atomic E-state index is 9.47. The molecule has 0 aromatic heterocycles. The molecule has 1 rings (SSSR count). The third-order valence-corrected chi connectivity index (χ3v) is 2.37. The van der Waals surface area contributed by atoms with Gasteiger partial charge in [-0.05, 0) is 24.1 Å². The van der Waals surface area contributed by atoms with Crippen molar-refractivity contribution in [3.05, 3.63) is 23.8 Å².